The standard InChI is InChI=1S/C65H102O9S3/c1-59(2,3)47-35-44(56(69)50(38-47)62(10,11)12)23-20-29-75-32-26-53(66)72-41-65(19,42-73-54(67)27-33-76-30-21-24-45-36-48(60(4,5)6)39-51(57(45)70)63(13,14)15)43-74-55(68)28-34-77-31-22-25-46-37-49(61(7,8)9)40-52(58(46)71)64(16,17)18/h35-40,69-71H,20-34,41-43H2,1-19H3. The molecule has 0 aromatic heterocycles. The summed E-state index contributed by atoms with van der Waals surface area (Å²) in [7, 11) is 0. The van der Waals surface area contributed by atoms with Crippen molar-refractivity contribution in [1.29, 1.82) is 0 Å². The van der Waals surface area contributed by atoms with E-state index in [1.165, 1.54) is 16.7 Å². The van der Waals surface area contributed by atoms with Gasteiger partial charge in [0.25, 0.3) is 0 Å². The van der Waals surface area contributed by atoms with Crippen molar-refractivity contribution in [1.82, 2.24) is 0 Å². The molecule has 77 heavy (non-hydrogen) atoms. The van der Waals surface area contributed by atoms with Crippen molar-refractivity contribution in [3.05, 3.63) is 86.5 Å². The molecule has 0 spiro atoms. The number of rotatable bonds is 27. The van der Waals surface area contributed by atoms with E-state index in [2.05, 4.69) is 161 Å². The number of hydrogen-bond donors (Lipinski definition) is 3. The average molecular weight is 1120 g/mol. The monoisotopic (exact) mass is 1120 g/mol. The van der Waals surface area contributed by atoms with E-state index in [-0.39, 0.29) is 89.5 Å². The molecule has 0 saturated heterocycles. The first-order valence-corrected chi connectivity index (χ1v) is 31.6. The number of esters is 3. The number of hydrogen-bond acceptors (Lipinski definition) is 12. The van der Waals surface area contributed by atoms with Crippen LogP contribution in [-0.2, 0) is 80.3 Å². The van der Waals surface area contributed by atoms with Gasteiger partial charge in [-0.2, -0.15) is 35.3 Å². The van der Waals surface area contributed by atoms with E-state index < -0.39 is 5.41 Å². The van der Waals surface area contributed by atoms with Gasteiger partial charge < -0.3 is 29.5 Å². The smallest absolute Gasteiger partial charge is 0.306 e. The number of thioether (sulfide) groups is 3. The Balaban J connectivity index is 1.55. The average Bonchev–Trinajstić information content (AvgIpc) is 3.29. The molecule has 0 saturated carbocycles. The number of benzene rings is 3. The van der Waals surface area contributed by atoms with E-state index in [1.807, 2.05) is 0 Å². The summed E-state index contributed by atoms with van der Waals surface area (Å²) >= 11 is 5.01. The first-order chi connectivity index (χ1) is 35.3. The highest BCUT2D eigenvalue weighted by atomic mass is 32.2. The first-order valence-electron chi connectivity index (χ1n) is 28.1. The molecule has 0 bridgehead atoms. The molecule has 0 heterocycles. The molecule has 0 aliphatic rings. The van der Waals surface area contributed by atoms with Crippen LogP contribution in [0.2, 0.25) is 0 Å². The molecule has 0 radical (unpaired) electrons. The molecule has 0 fully saturated rings. The molecule has 9 nitrogen and oxygen atoms in total. The third-order valence-corrected chi connectivity index (χ3v) is 17.1. The Kier molecular flexibility index (Phi) is 25.3. The van der Waals surface area contributed by atoms with Gasteiger partial charge in [-0.05, 0) is 145 Å². The quantitative estimate of drug-likeness (QED) is 0.0380. The summed E-state index contributed by atoms with van der Waals surface area (Å²) in [4.78, 5) is 39.4. The van der Waals surface area contributed by atoms with Crippen molar-refractivity contribution in [3.8, 4) is 17.2 Å². The van der Waals surface area contributed by atoms with Gasteiger partial charge in [-0.1, -0.05) is 161 Å². The van der Waals surface area contributed by atoms with Gasteiger partial charge in [0, 0.05) is 17.3 Å². The van der Waals surface area contributed by atoms with Gasteiger partial charge in [0.1, 0.15) is 37.1 Å². The van der Waals surface area contributed by atoms with E-state index in [9.17, 15) is 29.7 Å². The second kappa shape index (κ2) is 28.8. The molecule has 0 aliphatic heterocycles. The summed E-state index contributed by atoms with van der Waals surface area (Å²) in [6.45, 7) is 40.4. The Bertz CT molecular complexity index is 2140. The highest BCUT2D eigenvalue weighted by Gasteiger charge is 2.32. The van der Waals surface area contributed by atoms with Crippen LogP contribution < -0.4 is 0 Å². The number of carbonyl (C=O) groups excluding carboxylic acids is 3. The van der Waals surface area contributed by atoms with Gasteiger partial charge >= 0.3 is 17.9 Å². The van der Waals surface area contributed by atoms with E-state index in [4.69, 9.17) is 14.2 Å². The zero-order valence-electron chi connectivity index (χ0n) is 51.2. The van der Waals surface area contributed by atoms with Gasteiger partial charge in [-0.15, -0.1) is 0 Å². The number of carbonyl (C=O) groups is 3. The lowest BCUT2D eigenvalue weighted by atomic mass is 9.78. The maximum absolute atomic E-state index is 13.1. The summed E-state index contributed by atoms with van der Waals surface area (Å²) in [5.74, 6) is 4.16. The second-order valence-corrected chi connectivity index (χ2v) is 31.5. The number of ether oxygens (including phenoxy) is 3. The number of aromatic hydroxyl groups is 3. The Labute approximate surface area is 479 Å². The minimum atomic E-state index is -0.963. The molecular formula is C65H102O9S3. The maximum atomic E-state index is 13.1. The van der Waals surface area contributed by atoms with Crippen molar-refractivity contribution >= 4 is 53.2 Å². The van der Waals surface area contributed by atoms with Gasteiger partial charge in [-0.3, -0.25) is 14.4 Å². The molecule has 0 amide bonds. The largest absolute Gasteiger partial charge is 0.507 e. The zero-order valence-corrected chi connectivity index (χ0v) is 53.7. The van der Waals surface area contributed by atoms with Gasteiger partial charge in [-0.25, -0.2) is 0 Å². The summed E-state index contributed by atoms with van der Waals surface area (Å²) in [5, 5.41) is 33.7. The molecule has 434 valence electrons. The van der Waals surface area contributed by atoms with Crippen LogP contribution in [0.4, 0.5) is 0 Å². The Hall–Kier alpha value is -3.48. The highest BCUT2D eigenvalue weighted by Crippen LogP contribution is 2.41. The summed E-state index contributed by atoms with van der Waals surface area (Å²) in [5.41, 5.74) is 7.67. The predicted molar refractivity (Wildman–Crippen MR) is 328 cm³/mol. The SMILES string of the molecule is CC(COC(=O)CCSCCCc1cc(C(C)(C)C)cc(C(C)(C)C)c1O)(COC(=O)CCSCCCc1cc(C(C)(C)C)cc(C(C)(C)C)c1O)COC(=O)CCSCCCc1cc(C(C)(C)C)cc(C(C)(C)C)c1O. The fraction of sp³-hybridized carbons (Fsp3) is 0.677. The number of phenolic OH excluding ortho intramolecular Hbond substituents is 3. The van der Waals surface area contributed by atoms with Crippen molar-refractivity contribution in [3.63, 3.8) is 0 Å². The van der Waals surface area contributed by atoms with Crippen LogP contribution in [0.3, 0.4) is 0 Å². The molecule has 0 atom stereocenters. The number of aryl methyl sites for hydroxylation is 3. The van der Waals surface area contributed by atoms with Gasteiger partial charge in [0.2, 0.25) is 0 Å². The van der Waals surface area contributed by atoms with Gasteiger partial charge in [0.15, 0.2) is 0 Å². The molecule has 0 aliphatic carbocycles. The minimum absolute atomic E-state index is 0.0495. The fourth-order valence-electron chi connectivity index (χ4n) is 8.64. The van der Waals surface area contributed by atoms with Crippen LogP contribution in [0.1, 0.15) is 220 Å². The van der Waals surface area contributed by atoms with Crippen LogP contribution in [0.15, 0.2) is 36.4 Å². The Morgan fingerprint density at radius 1 is 0.364 bits per heavy atom. The number of phenols is 3. The van der Waals surface area contributed by atoms with E-state index in [0.29, 0.717) is 34.5 Å². The van der Waals surface area contributed by atoms with Crippen molar-refractivity contribution in [2.24, 2.45) is 5.41 Å². The summed E-state index contributed by atoms with van der Waals surface area (Å²) in [6, 6.07) is 12.8. The minimum Gasteiger partial charge on any atom is -0.507 e. The van der Waals surface area contributed by atoms with Crippen LogP contribution in [0.25, 0.3) is 0 Å². The first kappa shape index (κ1) is 67.8. The van der Waals surface area contributed by atoms with Gasteiger partial charge in [0.05, 0.1) is 24.7 Å². The maximum Gasteiger partial charge on any atom is 0.306 e. The molecule has 3 aromatic carbocycles. The Morgan fingerprint density at radius 2 is 0.597 bits per heavy atom. The Morgan fingerprint density at radius 3 is 0.805 bits per heavy atom. The predicted octanol–water partition coefficient (Wildman–Crippen LogP) is 15.8. The second-order valence-electron chi connectivity index (χ2n) is 27.8. The lowest BCUT2D eigenvalue weighted by molar-refractivity contribution is -0.160. The molecule has 0 unspecified atom stereocenters. The summed E-state index contributed by atoms with van der Waals surface area (Å²) in [6.07, 6.45) is 5.34. The zero-order chi connectivity index (χ0) is 58.4. The topological polar surface area (TPSA) is 140 Å². The van der Waals surface area contributed by atoms with Crippen LogP contribution in [-0.4, -0.2) is 87.6 Å². The van der Waals surface area contributed by atoms with Crippen LogP contribution >= 0.6 is 35.3 Å². The van der Waals surface area contributed by atoms with Crippen LogP contribution in [0, 0.1) is 5.41 Å². The lowest BCUT2D eigenvalue weighted by Crippen LogP contribution is -2.37. The van der Waals surface area contributed by atoms with Crippen molar-refractivity contribution in [2.75, 3.05) is 54.3 Å². The third kappa shape index (κ3) is 22.9. The van der Waals surface area contributed by atoms with E-state index in [1.54, 1.807) is 42.2 Å². The normalized spacial score (nSPS) is 13.0. The van der Waals surface area contributed by atoms with Crippen molar-refractivity contribution in [2.45, 2.75) is 222 Å². The third-order valence-electron chi connectivity index (χ3n) is 13.9. The van der Waals surface area contributed by atoms with E-state index >= 15 is 0 Å². The molecule has 3 N–H and O–H groups in total. The molecule has 12 heteroatoms. The molecular weight excluding hydrogens is 1020 g/mol. The van der Waals surface area contributed by atoms with Crippen molar-refractivity contribution < 1.29 is 43.9 Å². The summed E-state index contributed by atoms with van der Waals surface area (Å²) < 4.78 is 17.4. The molecule has 3 rings (SSSR count). The fourth-order valence-corrected chi connectivity index (χ4v) is 11.2. The highest BCUT2D eigenvalue weighted by molar-refractivity contribution is 7.99. The lowest BCUT2D eigenvalue weighted by Gasteiger charge is -2.28. The molecule has 3 aromatic rings. The van der Waals surface area contributed by atoms with E-state index in [0.717, 1.165) is 89.2 Å². The van der Waals surface area contributed by atoms with Crippen LogP contribution in [0.5, 0.6) is 17.2 Å².